The van der Waals surface area contributed by atoms with E-state index in [1.54, 1.807) is 39.0 Å². The van der Waals surface area contributed by atoms with Crippen LogP contribution in [0.25, 0.3) is 22.1 Å². The number of carbonyl (C=O) groups is 1. The molecule has 0 atom stereocenters. The standard InChI is InChI=1S/C32H37F3O5/c1-8-9-10-11-21-12-15-24(26(16-21)32(33,34)35)25-17-22-13-14-23(18-27(22)38-29(25)37)39-30(4,5)19-31(6,7)40-28(36)20(2)3/h12-18H,2,8-11,19H2,1,3-7H3. The maximum absolute atomic E-state index is 14.0. The van der Waals surface area contributed by atoms with Crippen molar-refractivity contribution in [3.05, 3.63) is 76.2 Å². The lowest BCUT2D eigenvalue weighted by molar-refractivity contribution is -0.155. The molecule has 0 spiro atoms. The Balaban J connectivity index is 1.91. The predicted molar refractivity (Wildman–Crippen MR) is 150 cm³/mol. The van der Waals surface area contributed by atoms with Crippen LogP contribution in [0.2, 0.25) is 0 Å². The predicted octanol–water partition coefficient (Wildman–Crippen LogP) is 8.66. The lowest BCUT2D eigenvalue weighted by Crippen LogP contribution is -2.40. The van der Waals surface area contributed by atoms with E-state index in [9.17, 15) is 22.8 Å². The number of ether oxygens (including phenoxy) is 2. The van der Waals surface area contributed by atoms with Crippen LogP contribution < -0.4 is 10.4 Å². The number of halogens is 3. The van der Waals surface area contributed by atoms with Gasteiger partial charge in [0.1, 0.15) is 22.5 Å². The van der Waals surface area contributed by atoms with Crippen molar-refractivity contribution >= 4 is 16.9 Å². The Morgan fingerprint density at radius 1 is 0.950 bits per heavy atom. The van der Waals surface area contributed by atoms with Gasteiger partial charge in [0.2, 0.25) is 0 Å². The second kappa shape index (κ2) is 11.9. The van der Waals surface area contributed by atoms with Gasteiger partial charge < -0.3 is 13.9 Å². The molecule has 40 heavy (non-hydrogen) atoms. The highest BCUT2D eigenvalue weighted by Crippen LogP contribution is 2.38. The summed E-state index contributed by atoms with van der Waals surface area (Å²) in [7, 11) is 0. The van der Waals surface area contributed by atoms with Crippen LogP contribution in [0.4, 0.5) is 13.2 Å². The number of hydrogen-bond donors (Lipinski definition) is 0. The van der Waals surface area contributed by atoms with E-state index in [1.165, 1.54) is 18.2 Å². The Bertz CT molecular complexity index is 1450. The fraction of sp³-hybridized carbons (Fsp3) is 0.438. The first-order valence-electron chi connectivity index (χ1n) is 13.4. The van der Waals surface area contributed by atoms with Crippen LogP contribution in [0.3, 0.4) is 0 Å². The van der Waals surface area contributed by atoms with E-state index in [0.29, 0.717) is 35.1 Å². The lowest BCUT2D eigenvalue weighted by Gasteiger charge is -2.35. The molecular weight excluding hydrogens is 521 g/mol. The van der Waals surface area contributed by atoms with Gasteiger partial charge in [0.05, 0.1) is 11.1 Å². The average Bonchev–Trinajstić information content (AvgIpc) is 2.82. The molecule has 2 aromatic carbocycles. The van der Waals surface area contributed by atoms with E-state index in [2.05, 4.69) is 6.58 Å². The molecule has 0 fully saturated rings. The van der Waals surface area contributed by atoms with Gasteiger partial charge in [-0.1, -0.05) is 38.5 Å². The molecule has 8 heteroatoms. The maximum Gasteiger partial charge on any atom is 0.417 e. The molecular formula is C32H37F3O5. The third-order valence-electron chi connectivity index (χ3n) is 6.42. The molecule has 1 heterocycles. The minimum atomic E-state index is -4.63. The summed E-state index contributed by atoms with van der Waals surface area (Å²) in [6, 6.07) is 10.3. The Morgan fingerprint density at radius 3 is 2.27 bits per heavy atom. The van der Waals surface area contributed by atoms with Crippen molar-refractivity contribution in [3.63, 3.8) is 0 Å². The van der Waals surface area contributed by atoms with Crippen molar-refractivity contribution < 1.29 is 31.9 Å². The van der Waals surface area contributed by atoms with Crippen LogP contribution in [0.5, 0.6) is 5.75 Å². The molecule has 0 saturated heterocycles. The SMILES string of the molecule is C=C(C)C(=O)OC(C)(C)CC(C)(C)Oc1ccc2cc(-c3ccc(CCCCC)cc3C(F)(F)F)c(=O)oc2c1. The summed E-state index contributed by atoms with van der Waals surface area (Å²) in [6.45, 7) is 14.4. The molecule has 0 saturated carbocycles. The summed E-state index contributed by atoms with van der Waals surface area (Å²) in [4.78, 5) is 24.9. The number of rotatable bonds is 11. The van der Waals surface area contributed by atoms with Crippen molar-refractivity contribution in [1.29, 1.82) is 0 Å². The zero-order valence-corrected chi connectivity index (χ0v) is 24.0. The Labute approximate surface area is 233 Å². The molecule has 3 rings (SSSR count). The molecule has 0 amide bonds. The number of esters is 1. The van der Waals surface area contributed by atoms with Crippen molar-refractivity contribution in [3.8, 4) is 16.9 Å². The fourth-order valence-electron chi connectivity index (χ4n) is 4.89. The topological polar surface area (TPSA) is 65.7 Å². The average molecular weight is 559 g/mol. The van der Waals surface area contributed by atoms with Crippen molar-refractivity contribution in [2.45, 2.75) is 91.0 Å². The largest absolute Gasteiger partial charge is 0.488 e. The first-order chi connectivity index (χ1) is 18.5. The lowest BCUT2D eigenvalue weighted by atomic mass is 9.92. The first kappa shape index (κ1) is 31.0. The van der Waals surface area contributed by atoms with Gasteiger partial charge in [0.15, 0.2) is 0 Å². The van der Waals surface area contributed by atoms with E-state index in [-0.39, 0.29) is 16.7 Å². The Hall–Kier alpha value is -3.55. The normalized spacial score (nSPS) is 12.4. The van der Waals surface area contributed by atoms with Crippen LogP contribution >= 0.6 is 0 Å². The summed E-state index contributed by atoms with van der Waals surface area (Å²) < 4.78 is 59.1. The van der Waals surface area contributed by atoms with E-state index in [1.807, 2.05) is 20.8 Å². The second-order valence-corrected chi connectivity index (χ2v) is 11.5. The molecule has 0 aliphatic heterocycles. The van der Waals surface area contributed by atoms with E-state index >= 15 is 0 Å². The molecule has 0 unspecified atom stereocenters. The first-order valence-corrected chi connectivity index (χ1v) is 13.4. The van der Waals surface area contributed by atoms with E-state index < -0.39 is 34.5 Å². The summed E-state index contributed by atoms with van der Waals surface area (Å²) in [5.41, 5.74) is -2.68. The van der Waals surface area contributed by atoms with Crippen molar-refractivity contribution in [1.82, 2.24) is 0 Å². The quantitative estimate of drug-likeness (QED) is 0.102. The highest BCUT2D eigenvalue weighted by atomic mass is 19.4. The molecule has 216 valence electrons. The highest BCUT2D eigenvalue weighted by molar-refractivity contribution is 5.87. The number of hydrogen-bond acceptors (Lipinski definition) is 5. The molecule has 3 aromatic rings. The minimum Gasteiger partial charge on any atom is -0.488 e. The highest BCUT2D eigenvalue weighted by Gasteiger charge is 2.35. The number of fused-ring (bicyclic) bond motifs is 1. The second-order valence-electron chi connectivity index (χ2n) is 11.5. The van der Waals surface area contributed by atoms with Gasteiger partial charge in [-0.3, -0.25) is 0 Å². The molecule has 0 radical (unpaired) electrons. The van der Waals surface area contributed by atoms with Gasteiger partial charge in [-0.25, -0.2) is 9.59 Å². The van der Waals surface area contributed by atoms with Crippen molar-refractivity contribution in [2.75, 3.05) is 0 Å². The van der Waals surface area contributed by atoms with Crippen molar-refractivity contribution in [2.24, 2.45) is 0 Å². The van der Waals surface area contributed by atoms with E-state index in [0.717, 1.165) is 25.3 Å². The van der Waals surface area contributed by atoms with Gasteiger partial charge in [-0.2, -0.15) is 13.2 Å². The monoisotopic (exact) mass is 558 g/mol. The summed E-state index contributed by atoms with van der Waals surface area (Å²) in [5.74, 6) is -0.105. The molecule has 0 aliphatic carbocycles. The van der Waals surface area contributed by atoms with Crippen LogP contribution in [-0.2, 0) is 22.1 Å². The van der Waals surface area contributed by atoms with Gasteiger partial charge in [-0.15, -0.1) is 0 Å². The van der Waals surface area contributed by atoms with Crippen LogP contribution in [0.15, 0.2) is 63.8 Å². The summed E-state index contributed by atoms with van der Waals surface area (Å²) >= 11 is 0. The van der Waals surface area contributed by atoms with Crippen LogP contribution in [-0.4, -0.2) is 17.2 Å². The number of unbranched alkanes of at least 4 members (excludes halogenated alkanes) is 2. The minimum absolute atomic E-state index is 0.157. The van der Waals surface area contributed by atoms with E-state index in [4.69, 9.17) is 13.9 Å². The third-order valence-corrected chi connectivity index (χ3v) is 6.42. The van der Waals surface area contributed by atoms with Crippen LogP contribution in [0, 0.1) is 0 Å². The Morgan fingerprint density at radius 2 is 1.65 bits per heavy atom. The number of benzene rings is 2. The van der Waals surface area contributed by atoms with Gasteiger partial charge >= 0.3 is 17.8 Å². The number of carbonyl (C=O) groups excluding carboxylic acids is 1. The van der Waals surface area contributed by atoms with Crippen LogP contribution in [0.1, 0.15) is 78.4 Å². The summed E-state index contributed by atoms with van der Waals surface area (Å²) in [6.07, 6.45) is -1.06. The zero-order chi connectivity index (χ0) is 29.9. The molecule has 0 N–H and O–H groups in total. The van der Waals surface area contributed by atoms with Gasteiger partial charge in [-0.05, 0) is 77.3 Å². The fourth-order valence-corrected chi connectivity index (χ4v) is 4.89. The Kier molecular flexibility index (Phi) is 9.22. The molecule has 0 aliphatic rings. The summed E-state index contributed by atoms with van der Waals surface area (Å²) in [5, 5.41) is 0.454. The van der Waals surface area contributed by atoms with Gasteiger partial charge in [0.25, 0.3) is 0 Å². The smallest absolute Gasteiger partial charge is 0.417 e. The molecule has 0 bridgehead atoms. The number of alkyl halides is 3. The zero-order valence-electron chi connectivity index (χ0n) is 24.0. The van der Waals surface area contributed by atoms with Gasteiger partial charge in [0, 0.05) is 29.0 Å². The molecule has 1 aromatic heterocycles. The maximum atomic E-state index is 14.0. The molecule has 5 nitrogen and oxygen atoms in total. The third kappa shape index (κ3) is 7.99. The number of aryl methyl sites for hydroxylation is 1.